The molecule has 0 aliphatic rings. The van der Waals surface area contributed by atoms with E-state index in [4.69, 9.17) is 26.2 Å². The van der Waals surface area contributed by atoms with Crippen molar-refractivity contribution in [3.05, 3.63) is 53.4 Å². The lowest BCUT2D eigenvalue weighted by Gasteiger charge is -2.15. The highest BCUT2D eigenvalue weighted by Crippen LogP contribution is 2.33. The number of hydrogen-bond donors (Lipinski definition) is 4. The van der Waals surface area contributed by atoms with Crippen LogP contribution < -0.4 is 24.8 Å². The van der Waals surface area contributed by atoms with Gasteiger partial charge in [0.2, 0.25) is 16.0 Å². The number of ether oxygens (including phenoxy) is 2. The normalized spacial score (nSPS) is 11.1. The fraction of sp³-hybridized carbons (Fsp3) is 0.200. The van der Waals surface area contributed by atoms with Crippen LogP contribution in [0, 0.1) is 5.82 Å². The van der Waals surface area contributed by atoms with Gasteiger partial charge in [0, 0.05) is 12.1 Å². The average molecular weight is 498 g/mol. The van der Waals surface area contributed by atoms with Gasteiger partial charge in [-0.05, 0) is 24.3 Å². The van der Waals surface area contributed by atoms with E-state index in [1.165, 1.54) is 31.5 Å². The molecule has 3 aromatic rings. The van der Waals surface area contributed by atoms with E-state index in [0.29, 0.717) is 11.4 Å². The highest BCUT2D eigenvalue weighted by Gasteiger charge is 2.14. The van der Waals surface area contributed by atoms with Gasteiger partial charge in [0.1, 0.15) is 28.9 Å². The van der Waals surface area contributed by atoms with Crippen LogP contribution in [0.15, 0.2) is 42.6 Å². The topological polar surface area (TPSA) is 135 Å². The van der Waals surface area contributed by atoms with E-state index >= 15 is 0 Å². The van der Waals surface area contributed by atoms with Gasteiger partial charge in [-0.3, -0.25) is 4.72 Å². The van der Waals surface area contributed by atoms with E-state index in [0.717, 1.165) is 12.3 Å². The van der Waals surface area contributed by atoms with Crippen molar-refractivity contribution in [2.45, 2.75) is 0 Å². The van der Waals surface area contributed by atoms with Gasteiger partial charge in [-0.25, -0.2) is 17.8 Å². The van der Waals surface area contributed by atoms with Crippen molar-refractivity contribution in [1.29, 1.82) is 0 Å². The number of benzene rings is 2. The van der Waals surface area contributed by atoms with Crippen LogP contribution in [-0.2, 0) is 10.0 Å². The van der Waals surface area contributed by atoms with E-state index < -0.39 is 15.8 Å². The van der Waals surface area contributed by atoms with Gasteiger partial charge in [0.15, 0.2) is 5.82 Å². The third-order valence-electron chi connectivity index (χ3n) is 4.07. The number of aromatic nitrogens is 2. The van der Waals surface area contributed by atoms with E-state index in [2.05, 4.69) is 25.3 Å². The maximum atomic E-state index is 14.4. The molecule has 10 nitrogen and oxygen atoms in total. The first-order chi connectivity index (χ1) is 15.7. The van der Waals surface area contributed by atoms with Crippen molar-refractivity contribution in [1.82, 2.24) is 9.97 Å². The number of nitrogens with one attached hydrogen (secondary N) is 3. The number of halogens is 2. The molecule has 4 N–H and O–H groups in total. The minimum Gasteiger partial charge on any atom is -0.497 e. The Morgan fingerprint density at radius 3 is 2.48 bits per heavy atom. The fourth-order valence-electron chi connectivity index (χ4n) is 2.66. The number of nitrogens with zero attached hydrogens (tertiary/aromatic N) is 2. The minimum atomic E-state index is -3.58. The standard InChI is InChI=1S/C20H21ClFN5O5S/c1-31-12-3-6-17(18(10-12)27-33(2,29)30)24-19-14(21)11-23-20(26-19)25-16-5-4-13(9-15(16)22)32-8-7-28/h3-6,9-11,27-28H,7-8H2,1-2H3,(H2,23,24,25,26). The molecular formula is C20H21ClFN5O5S. The van der Waals surface area contributed by atoms with Gasteiger partial charge >= 0.3 is 0 Å². The molecule has 0 aliphatic heterocycles. The largest absolute Gasteiger partial charge is 0.497 e. The summed E-state index contributed by atoms with van der Waals surface area (Å²) in [5, 5.41) is 14.6. The van der Waals surface area contributed by atoms with Gasteiger partial charge in [-0.15, -0.1) is 0 Å². The Morgan fingerprint density at radius 2 is 1.82 bits per heavy atom. The molecule has 3 rings (SSSR count). The number of rotatable bonds is 10. The predicted molar refractivity (Wildman–Crippen MR) is 124 cm³/mol. The molecule has 1 aromatic heterocycles. The molecular weight excluding hydrogens is 477 g/mol. The SMILES string of the molecule is COc1ccc(Nc2nc(Nc3ccc(OCCO)cc3F)ncc2Cl)c(NS(C)(=O)=O)c1. The summed E-state index contributed by atoms with van der Waals surface area (Å²) < 4.78 is 50.6. The number of aliphatic hydroxyl groups is 1. The maximum absolute atomic E-state index is 14.4. The highest BCUT2D eigenvalue weighted by molar-refractivity contribution is 7.92. The zero-order valence-corrected chi connectivity index (χ0v) is 19.2. The van der Waals surface area contributed by atoms with E-state index in [1.807, 2.05) is 0 Å². The summed E-state index contributed by atoms with van der Waals surface area (Å²) in [4.78, 5) is 8.29. The Hall–Kier alpha value is -3.35. The van der Waals surface area contributed by atoms with Crippen LogP contribution in [0.2, 0.25) is 5.02 Å². The molecule has 0 aliphatic carbocycles. The molecule has 0 atom stereocenters. The maximum Gasteiger partial charge on any atom is 0.229 e. The monoisotopic (exact) mass is 497 g/mol. The van der Waals surface area contributed by atoms with E-state index in [9.17, 15) is 12.8 Å². The molecule has 13 heteroatoms. The fourth-order valence-corrected chi connectivity index (χ4v) is 3.36. The molecule has 0 unspecified atom stereocenters. The summed E-state index contributed by atoms with van der Waals surface area (Å²) in [6.45, 7) is -0.144. The third-order valence-corrected chi connectivity index (χ3v) is 4.93. The van der Waals surface area contributed by atoms with Gasteiger partial charge in [0.05, 0.1) is 43.2 Å². The number of sulfonamides is 1. The van der Waals surface area contributed by atoms with Gasteiger partial charge in [-0.2, -0.15) is 4.98 Å². The first-order valence-corrected chi connectivity index (χ1v) is 11.7. The Balaban J connectivity index is 1.86. The summed E-state index contributed by atoms with van der Waals surface area (Å²) >= 11 is 6.20. The number of aliphatic hydroxyl groups excluding tert-OH is 1. The van der Waals surface area contributed by atoms with Crippen LogP contribution in [0.1, 0.15) is 0 Å². The Labute approximate surface area is 194 Å². The molecule has 0 saturated carbocycles. The van der Waals surface area contributed by atoms with Crippen LogP contribution in [0.25, 0.3) is 0 Å². The third kappa shape index (κ3) is 6.81. The molecule has 33 heavy (non-hydrogen) atoms. The van der Waals surface area contributed by atoms with Crippen molar-refractivity contribution in [2.24, 2.45) is 0 Å². The zero-order chi connectivity index (χ0) is 24.0. The lowest BCUT2D eigenvalue weighted by molar-refractivity contribution is 0.201. The highest BCUT2D eigenvalue weighted by atomic mass is 35.5. The van der Waals surface area contributed by atoms with Crippen LogP contribution >= 0.6 is 11.6 Å². The van der Waals surface area contributed by atoms with Crippen molar-refractivity contribution in [2.75, 3.05) is 41.9 Å². The van der Waals surface area contributed by atoms with Gasteiger partial charge < -0.3 is 25.2 Å². The Bertz CT molecular complexity index is 1250. The first kappa shape index (κ1) is 24.3. The second-order valence-electron chi connectivity index (χ2n) is 6.64. The summed E-state index contributed by atoms with van der Waals surface area (Å²) in [6.07, 6.45) is 2.33. The first-order valence-electron chi connectivity index (χ1n) is 9.44. The molecule has 176 valence electrons. The van der Waals surface area contributed by atoms with Gasteiger partial charge in [0.25, 0.3) is 0 Å². The second-order valence-corrected chi connectivity index (χ2v) is 8.80. The lowest BCUT2D eigenvalue weighted by atomic mass is 10.2. The molecule has 0 fully saturated rings. The van der Waals surface area contributed by atoms with Crippen LogP contribution in [0.4, 0.5) is 33.2 Å². The summed E-state index contributed by atoms with van der Waals surface area (Å²) in [5.41, 5.74) is 0.651. The molecule has 2 aromatic carbocycles. The van der Waals surface area contributed by atoms with Crippen molar-refractivity contribution >= 4 is 50.5 Å². The molecule has 1 heterocycles. The zero-order valence-electron chi connectivity index (χ0n) is 17.6. The number of anilines is 5. The lowest BCUT2D eigenvalue weighted by Crippen LogP contribution is -2.11. The summed E-state index contributed by atoms with van der Waals surface area (Å²) in [7, 11) is -2.12. The Kier molecular flexibility index (Phi) is 7.74. The predicted octanol–water partition coefficient (Wildman–Crippen LogP) is 3.51. The summed E-state index contributed by atoms with van der Waals surface area (Å²) in [6, 6.07) is 8.82. The summed E-state index contributed by atoms with van der Waals surface area (Å²) in [5.74, 6) is 0.269. The Morgan fingerprint density at radius 1 is 1.09 bits per heavy atom. The van der Waals surface area contributed by atoms with E-state index in [1.54, 1.807) is 12.1 Å². The molecule has 0 radical (unpaired) electrons. The molecule has 0 saturated heterocycles. The van der Waals surface area contributed by atoms with Crippen LogP contribution in [-0.4, -0.2) is 50.1 Å². The quantitative estimate of drug-likeness (QED) is 0.332. The van der Waals surface area contributed by atoms with Gasteiger partial charge in [-0.1, -0.05) is 11.6 Å². The minimum absolute atomic E-state index is 0.0379. The van der Waals surface area contributed by atoms with Crippen molar-refractivity contribution < 1.29 is 27.4 Å². The van der Waals surface area contributed by atoms with Crippen LogP contribution in [0.3, 0.4) is 0 Å². The van der Waals surface area contributed by atoms with E-state index in [-0.39, 0.29) is 47.1 Å². The molecule has 0 spiro atoms. The van der Waals surface area contributed by atoms with Crippen molar-refractivity contribution in [3.63, 3.8) is 0 Å². The molecule has 0 amide bonds. The van der Waals surface area contributed by atoms with Crippen LogP contribution in [0.5, 0.6) is 11.5 Å². The average Bonchev–Trinajstić information content (AvgIpc) is 2.76. The smallest absolute Gasteiger partial charge is 0.229 e. The van der Waals surface area contributed by atoms with Crippen molar-refractivity contribution in [3.8, 4) is 11.5 Å². The second kappa shape index (κ2) is 10.5. The molecule has 0 bridgehead atoms. The number of methoxy groups -OCH3 is 1. The number of hydrogen-bond acceptors (Lipinski definition) is 9.